The van der Waals surface area contributed by atoms with Gasteiger partial charge in [0.1, 0.15) is 16.5 Å². The van der Waals surface area contributed by atoms with Crippen molar-refractivity contribution in [1.29, 1.82) is 0 Å². The summed E-state index contributed by atoms with van der Waals surface area (Å²) in [5.74, 6) is 0.848. The third-order valence-corrected chi connectivity index (χ3v) is 3.63. The number of nitrogens with zero attached hydrogens (tertiary/aromatic N) is 2. The number of aliphatic carboxylic acids is 1. The van der Waals surface area contributed by atoms with Crippen LogP contribution in [0.5, 0.6) is 5.75 Å². The molecule has 0 amide bonds. The highest BCUT2D eigenvalue weighted by atomic mass is 32.2. The molecule has 2 N–H and O–H groups in total. The van der Waals surface area contributed by atoms with Gasteiger partial charge in [-0.1, -0.05) is 26.0 Å². The number of benzene rings is 1. The number of aromatic amines is 1. The summed E-state index contributed by atoms with van der Waals surface area (Å²) in [4.78, 5) is 15.6. The Morgan fingerprint density at radius 3 is 2.61 bits per heavy atom. The lowest BCUT2D eigenvalue weighted by molar-refractivity contribution is -0.131. The number of carbonyl (C=O) groups is 1. The molecule has 0 radical (unpaired) electrons. The maximum atomic E-state index is 11.4. The van der Waals surface area contributed by atoms with Crippen molar-refractivity contribution in [3.05, 3.63) is 40.6 Å². The molecule has 1 aromatic carbocycles. The number of rotatable bonds is 7. The zero-order chi connectivity index (χ0) is 16.8. The largest absolute Gasteiger partial charge is 0.493 e. The summed E-state index contributed by atoms with van der Waals surface area (Å²) in [7, 11) is 0. The lowest BCUT2D eigenvalue weighted by Crippen LogP contribution is -2.04. The molecule has 0 fully saturated rings. The van der Waals surface area contributed by atoms with Crippen LogP contribution in [0.3, 0.4) is 0 Å². The molecule has 0 unspecified atom stereocenters. The molecule has 6 nitrogen and oxygen atoms in total. The fourth-order valence-corrected chi connectivity index (χ4v) is 2.43. The molecule has 0 saturated heterocycles. The summed E-state index contributed by atoms with van der Waals surface area (Å²) in [6.45, 7) is 6.57. The summed E-state index contributed by atoms with van der Waals surface area (Å²) in [5, 5.41) is 16.3. The predicted octanol–water partition coefficient (Wildman–Crippen LogP) is 3.37. The van der Waals surface area contributed by atoms with Gasteiger partial charge in [0.25, 0.3) is 0 Å². The van der Waals surface area contributed by atoms with Gasteiger partial charge < -0.3 is 9.84 Å². The maximum absolute atomic E-state index is 11.4. The van der Waals surface area contributed by atoms with E-state index in [1.807, 2.05) is 24.3 Å². The molecular weight excluding hydrogens is 314 g/mol. The van der Waals surface area contributed by atoms with E-state index in [0.29, 0.717) is 23.5 Å². The second-order valence-electron chi connectivity index (χ2n) is 5.39. The zero-order valence-corrected chi connectivity index (χ0v) is 14.1. The van der Waals surface area contributed by atoms with Crippen molar-refractivity contribution < 1.29 is 14.6 Å². The van der Waals surface area contributed by atoms with Crippen LogP contribution in [0.25, 0.3) is 6.08 Å². The Morgan fingerprint density at radius 2 is 2.09 bits per heavy atom. The minimum Gasteiger partial charge on any atom is -0.493 e. The second kappa shape index (κ2) is 7.82. The number of hydrogen-bond donors (Lipinski definition) is 2. The molecule has 0 aliphatic carbocycles. The fraction of sp³-hybridized carbons (Fsp3) is 0.312. The Morgan fingerprint density at radius 1 is 1.39 bits per heavy atom. The minimum absolute atomic E-state index is 0.153. The summed E-state index contributed by atoms with van der Waals surface area (Å²) in [5.41, 5.74) is 0.777. The Balaban J connectivity index is 2.11. The van der Waals surface area contributed by atoms with Crippen LogP contribution < -0.4 is 4.74 Å². The zero-order valence-electron chi connectivity index (χ0n) is 13.2. The first-order chi connectivity index (χ1) is 10.9. The number of carboxylic acids is 1. The van der Waals surface area contributed by atoms with Crippen LogP contribution in [0.2, 0.25) is 0 Å². The Labute approximate surface area is 139 Å². The quantitative estimate of drug-likeness (QED) is 0.596. The second-order valence-corrected chi connectivity index (χ2v) is 6.40. The van der Waals surface area contributed by atoms with Crippen molar-refractivity contribution >= 4 is 23.8 Å². The molecular formula is C16H19N3O3S. The molecule has 0 bridgehead atoms. The van der Waals surface area contributed by atoms with E-state index in [1.165, 1.54) is 0 Å². The highest BCUT2D eigenvalue weighted by Gasteiger charge is 2.13. The minimum atomic E-state index is -1.02. The van der Waals surface area contributed by atoms with Gasteiger partial charge in [0.05, 0.1) is 6.61 Å². The number of aryl methyl sites for hydroxylation is 1. The molecule has 2 aromatic rings. The Hall–Kier alpha value is -2.28. The van der Waals surface area contributed by atoms with Crippen LogP contribution >= 0.6 is 11.8 Å². The molecule has 122 valence electrons. The van der Waals surface area contributed by atoms with Gasteiger partial charge in [-0.3, -0.25) is 5.10 Å². The first-order valence-corrected chi connectivity index (χ1v) is 8.00. The van der Waals surface area contributed by atoms with E-state index in [0.717, 1.165) is 23.1 Å². The third-order valence-electron chi connectivity index (χ3n) is 2.75. The molecule has 0 saturated carbocycles. The molecule has 1 heterocycles. The number of aromatic nitrogens is 3. The van der Waals surface area contributed by atoms with Crippen molar-refractivity contribution in [2.75, 3.05) is 6.61 Å². The van der Waals surface area contributed by atoms with Gasteiger partial charge in [0, 0.05) is 0 Å². The molecule has 7 heteroatoms. The van der Waals surface area contributed by atoms with Crippen molar-refractivity contribution in [2.45, 2.75) is 25.9 Å². The van der Waals surface area contributed by atoms with Gasteiger partial charge in [0.2, 0.25) is 5.16 Å². The SMILES string of the molecule is Cc1nc(S/C(=C/c2ccc(OCC(C)C)cc2)C(=O)O)n[nH]1. The average Bonchev–Trinajstić information content (AvgIpc) is 2.91. The number of carboxylic acid groups (broad SMARTS) is 1. The van der Waals surface area contributed by atoms with Crippen molar-refractivity contribution in [2.24, 2.45) is 5.92 Å². The van der Waals surface area contributed by atoms with Gasteiger partial charge in [-0.2, -0.15) is 0 Å². The lowest BCUT2D eigenvalue weighted by Gasteiger charge is -2.08. The number of nitrogens with one attached hydrogen (secondary N) is 1. The highest BCUT2D eigenvalue weighted by Crippen LogP contribution is 2.26. The molecule has 23 heavy (non-hydrogen) atoms. The van der Waals surface area contributed by atoms with Crippen LogP contribution in [-0.4, -0.2) is 32.9 Å². The number of ether oxygens (including phenoxy) is 1. The van der Waals surface area contributed by atoms with E-state index in [-0.39, 0.29) is 4.91 Å². The average molecular weight is 333 g/mol. The fourth-order valence-electron chi connectivity index (χ4n) is 1.68. The lowest BCUT2D eigenvalue weighted by atomic mass is 10.2. The van der Waals surface area contributed by atoms with Crippen LogP contribution in [0.1, 0.15) is 25.2 Å². The van der Waals surface area contributed by atoms with E-state index < -0.39 is 5.97 Å². The molecule has 0 aliphatic rings. The van der Waals surface area contributed by atoms with Crippen molar-refractivity contribution in [3.8, 4) is 5.75 Å². The van der Waals surface area contributed by atoms with E-state index in [1.54, 1.807) is 13.0 Å². The Bertz CT molecular complexity index is 693. The topological polar surface area (TPSA) is 88.1 Å². The van der Waals surface area contributed by atoms with E-state index in [4.69, 9.17) is 4.74 Å². The van der Waals surface area contributed by atoms with Gasteiger partial charge in [-0.25, -0.2) is 9.78 Å². The summed E-state index contributed by atoms with van der Waals surface area (Å²) in [6.07, 6.45) is 1.59. The van der Waals surface area contributed by atoms with E-state index in [2.05, 4.69) is 29.0 Å². The number of H-pyrrole nitrogens is 1. The van der Waals surface area contributed by atoms with Crippen LogP contribution in [-0.2, 0) is 4.79 Å². The van der Waals surface area contributed by atoms with Crippen LogP contribution in [0, 0.1) is 12.8 Å². The van der Waals surface area contributed by atoms with Gasteiger partial charge in [-0.05, 0) is 48.4 Å². The monoisotopic (exact) mass is 333 g/mol. The van der Waals surface area contributed by atoms with Crippen LogP contribution in [0.4, 0.5) is 0 Å². The van der Waals surface area contributed by atoms with Gasteiger partial charge >= 0.3 is 5.97 Å². The predicted molar refractivity (Wildman–Crippen MR) is 89.4 cm³/mol. The Kier molecular flexibility index (Phi) is 5.81. The van der Waals surface area contributed by atoms with E-state index >= 15 is 0 Å². The molecule has 2 rings (SSSR count). The summed E-state index contributed by atoms with van der Waals surface area (Å²) >= 11 is 1.01. The van der Waals surface area contributed by atoms with Crippen molar-refractivity contribution in [1.82, 2.24) is 15.2 Å². The van der Waals surface area contributed by atoms with Crippen molar-refractivity contribution in [3.63, 3.8) is 0 Å². The van der Waals surface area contributed by atoms with Gasteiger partial charge in [0.15, 0.2) is 0 Å². The number of thioether (sulfide) groups is 1. The smallest absolute Gasteiger partial charge is 0.342 e. The number of hydrogen-bond acceptors (Lipinski definition) is 5. The first-order valence-electron chi connectivity index (χ1n) is 7.18. The third kappa shape index (κ3) is 5.45. The molecule has 1 aromatic heterocycles. The first kappa shape index (κ1) is 17.1. The van der Waals surface area contributed by atoms with Crippen LogP contribution in [0.15, 0.2) is 34.3 Å². The summed E-state index contributed by atoms with van der Waals surface area (Å²) < 4.78 is 5.61. The highest BCUT2D eigenvalue weighted by molar-refractivity contribution is 8.04. The molecule has 0 spiro atoms. The van der Waals surface area contributed by atoms with E-state index in [9.17, 15) is 9.90 Å². The standard InChI is InChI=1S/C16H19N3O3S/c1-10(2)9-22-13-6-4-12(5-7-13)8-14(15(20)21)23-16-17-11(3)18-19-16/h4-8,10H,9H2,1-3H3,(H,20,21)(H,17,18,19)/b14-8+. The van der Waals surface area contributed by atoms with Gasteiger partial charge in [-0.15, -0.1) is 5.10 Å². The normalized spacial score (nSPS) is 11.7. The maximum Gasteiger partial charge on any atom is 0.342 e. The molecule has 0 atom stereocenters. The molecule has 0 aliphatic heterocycles. The summed E-state index contributed by atoms with van der Waals surface area (Å²) in [6, 6.07) is 7.30.